The first-order valence-electron chi connectivity index (χ1n) is 8.62. The second-order valence-electron chi connectivity index (χ2n) is 6.03. The van der Waals surface area contributed by atoms with E-state index in [-0.39, 0.29) is 11.7 Å². The van der Waals surface area contributed by atoms with Crippen molar-refractivity contribution >= 4 is 34.2 Å². The summed E-state index contributed by atoms with van der Waals surface area (Å²) >= 11 is 6.35. The molecule has 0 aliphatic carbocycles. The number of hydrogen-bond donors (Lipinski definition) is 2. The van der Waals surface area contributed by atoms with Crippen LogP contribution in [0.4, 0.5) is 0 Å². The van der Waals surface area contributed by atoms with E-state index >= 15 is 0 Å². The largest absolute Gasteiger partial charge is 0.494 e. The van der Waals surface area contributed by atoms with E-state index in [9.17, 15) is 9.59 Å². The van der Waals surface area contributed by atoms with Crippen LogP contribution in [-0.4, -0.2) is 30.3 Å². The van der Waals surface area contributed by atoms with E-state index in [0.717, 1.165) is 35.0 Å². The number of benzene rings is 1. The average Bonchev–Trinajstić information content (AvgIpc) is 2.90. The number of carbonyl (C=O) groups is 2. The third kappa shape index (κ3) is 3.98. The van der Waals surface area contributed by atoms with Gasteiger partial charge in [0.05, 0.1) is 17.7 Å². The fourth-order valence-electron chi connectivity index (χ4n) is 3.19. The lowest BCUT2D eigenvalue weighted by atomic mass is 9.96. The molecular weight excluding hydrogens is 340 g/mol. The second-order valence-corrected chi connectivity index (χ2v) is 6.44. The zero-order valence-corrected chi connectivity index (χ0v) is 16.0. The van der Waals surface area contributed by atoms with Gasteiger partial charge in [0.1, 0.15) is 5.75 Å². The minimum atomic E-state index is -0.0687. The van der Waals surface area contributed by atoms with E-state index in [1.165, 1.54) is 14.0 Å². The number of rotatable bonds is 8. The van der Waals surface area contributed by atoms with E-state index in [1.54, 1.807) is 6.07 Å². The van der Waals surface area contributed by atoms with Crippen LogP contribution in [0, 0.1) is 0 Å². The third-order valence-electron chi connectivity index (χ3n) is 4.25. The predicted molar refractivity (Wildman–Crippen MR) is 101 cm³/mol. The lowest BCUT2D eigenvalue weighted by molar-refractivity contribution is -0.118. The normalized spacial score (nSPS) is 10.9. The molecule has 0 spiro atoms. The number of halogens is 1. The summed E-state index contributed by atoms with van der Waals surface area (Å²) in [6.07, 6.45) is 2.62. The molecule has 6 heteroatoms. The highest BCUT2D eigenvalue weighted by Gasteiger charge is 2.24. The highest BCUT2D eigenvalue weighted by Crippen LogP contribution is 2.39. The Kier molecular flexibility index (Phi) is 6.48. The highest BCUT2D eigenvalue weighted by atomic mass is 35.5. The molecule has 0 atom stereocenters. The first-order valence-corrected chi connectivity index (χ1v) is 8.99. The number of aromatic amines is 1. The summed E-state index contributed by atoms with van der Waals surface area (Å²) in [7, 11) is 1.53. The molecule has 0 radical (unpaired) electrons. The number of methoxy groups -OCH3 is 1. The summed E-state index contributed by atoms with van der Waals surface area (Å²) in [5.41, 5.74) is 3.47. The van der Waals surface area contributed by atoms with Crippen molar-refractivity contribution in [1.29, 1.82) is 0 Å². The molecule has 1 amide bonds. The van der Waals surface area contributed by atoms with Crippen molar-refractivity contribution in [2.45, 2.75) is 46.5 Å². The number of H-pyrrole nitrogens is 1. The molecule has 136 valence electrons. The number of ketones is 1. The number of hydrogen-bond acceptors (Lipinski definition) is 3. The van der Waals surface area contributed by atoms with Crippen LogP contribution in [0.2, 0.25) is 5.02 Å². The van der Waals surface area contributed by atoms with Crippen LogP contribution in [0.25, 0.3) is 10.9 Å². The van der Waals surface area contributed by atoms with Crippen LogP contribution in [0.3, 0.4) is 0 Å². The summed E-state index contributed by atoms with van der Waals surface area (Å²) < 4.78 is 5.46. The number of carbonyl (C=O) groups excluding carboxylic acids is 2. The number of Topliss-reactive ketones (excluding diaryl/α,β-unsaturated/α-hetero) is 1. The Morgan fingerprint density at radius 3 is 2.60 bits per heavy atom. The van der Waals surface area contributed by atoms with Crippen molar-refractivity contribution in [3.05, 3.63) is 27.9 Å². The minimum Gasteiger partial charge on any atom is -0.494 e. The third-order valence-corrected chi connectivity index (χ3v) is 4.53. The van der Waals surface area contributed by atoms with E-state index in [0.29, 0.717) is 35.7 Å². The predicted octanol–water partition coefficient (Wildman–Crippen LogP) is 4.05. The van der Waals surface area contributed by atoms with Gasteiger partial charge in [0.15, 0.2) is 5.78 Å². The molecule has 0 bridgehead atoms. The van der Waals surface area contributed by atoms with E-state index < -0.39 is 0 Å². The Hall–Kier alpha value is -2.01. The molecule has 1 aromatic carbocycles. The van der Waals surface area contributed by atoms with E-state index in [2.05, 4.69) is 17.2 Å². The Morgan fingerprint density at radius 1 is 1.32 bits per heavy atom. The Morgan fingerprint density at radius 2 is 2.04 bits per heavy atom. The minimum absolute atomic E-state index is 0.0225. The van der Waals surface area contributed by atoms with Crippen LogP contribution in [0.1, 0.15) is 55.2 Å². The van der Waals surface area contributed by atoms with Crippen molar-refractivity contribution < 1.29 is 14.3 Å². The zero-order chi connectivity index (χ0) is 18.6. The monoisotopic (exact) mass is 364 g/mol. The molecule has 5 nitrogen and oxygen atoms in total. The number of amides is 1. The van der Waals surface area contributed by atoms with Crippen molar-refractivity contribution in [2.75, 3.05) is 13.7 Å². The van der Waals surface area contributed by atoms with Crippen LogP contribution in [-0.2, 0) is 17.6 Å². The summed E-state index contributed by atoms with van der Waals surface area (Å²) in [6, 6.07) is 1.81. The van der Waals surface area contributed by atoms with Crippen molar-refractivity contribution in [2.24, 2.45) is 0 Å². The number of nitrogens with one attached hydrogen (secondary N) is 2. The topological polar surface area (TPSA) is 71.2 Å². The first-order chi connectivity index (χ1) is 11.9. The lowest BCUT2D eigenvalue weighted by Gasteiger charge is -2.13. The van der Waals surface area contributed by atoms with Gasteiger partial charge in [-0.05, 0) is 30.9 Å². The summed E-state index contributed by atoms with van der Waals surface area (Å²) in [4.78, 5) is 27.4. The van der Waals surface area contributed by atoms with Gasteiger partial charge in [-0.2, -0.15) is 0 Å². The van der Waals surface area contributed by atoms with Gasteiger partial charge in [-0.3, -0.25) is 9.59 Å². The maximum Gasteiger partial charge on any atom is 0.216 e. The van der Waals surface area contributed by atoms with Crippen LogP contribution in [0.5, 0.6) is 5.75 Å². The average molecular weight is 365 g/mol. The molecule has 0 fully saturated rings. The van der Waals surface area contributed by atoms with Crippen LogP contribution in [0.15, 0.2) is 6.07 Å². The van der Waals surface area contributed by atoms with E-state index in [4.69, 9.17) is 16.3 Å². The molecular formula is C19H25ClN2O3. The maximum atomic E-state index is 12.8. The van der Waals surface area contributed by atoms with Crippen LogP contribution >= 0.6 is 11.6 Å². The lowest BCUT2D eigenvalue weighted by Crippen LogP contribution is -2.22. The van der Waals surface area contributed by atoms with Gasteiger partial charge in [-0.25, -0.2) is 0 Å². The van der Waals surface area contributed by atoms with Crippen molar-refractivity contribution in [3.63, 3.8) is 0 Å². The number of ether oxygens (including phenoxy) is 1. The molecule has 0 aliphatic rings. The SMILES string of the molecule is CCCC(=O)c1c(OC)c(Cl)cc2[nH]c(CC)c(CCNC(C)=O)c12. The van der Waals surface area contributed by atoms with Gasteiger partial charge in [-0.1, -0.05) is 25.4 Å². The summed E-state index contributed by atoms with van der Waals surface area (Å²) in [5, 5.41) is 4.10. The van der Waals surface area contributed by atoms with Gasteiger partial charge >= 0.3 is 0 Å². The molecule has 2 aromatic rings. The molecule has 1 heterocycles. The smallest absolute Gasteiger partial charge is 0.216 e. The second kappa shape index (κ2) is 8.39. The quantitative estimate of drug-likeness (QED) is 0.694. The molecule has 0 saturated carbocycles. The molecule has 0 unspecified atom stereocenters. The van der Waals surface area contributed by atoms with Crippen molar-refractivity contribution in [3.8, 4) is 5.75 Å². The van der Waals surface area contributed by atoms with Gasteiger partial charge in [0, 0.05) is 36.5 Å². The van der Waals surface area contributed by atoms with Gasteiger partial charge in [0.25, 0.3) is 0 Å². The molecule has 0 saturated heterocycles. The molecule has 0 aliphatic heterocycles. The number of aromatic nitrogens is 1. The van der Waals surface area contributed by atoms with Gasteiger partial charge in [0.2, 0.25) is 5.91 Å². The van der Waals surface area contributed by atoms with Gasteiger partial charge in [-0.15, -0.1) is 0 Å². The molecule has 2 N–H and O–H groups in total. The Balaban J connectivity index is 2.68. The maximum absolute atomic E-state index is 12.8. The first kappa shape index (κ1) is 19.3. The molecule has 25 heavy (non-hydrogen) atoms. The van der Waals surface area contributed by atoms with Crippen molar-refractivity contribution in [1.82, 2.24) is 10.3 Å². The van der Waals surface area contributed by atoms with Crippen LogP contribution < -0.4 is 10.1 Å². The zero-order valence-electron chi connectivity index (χ0n) is 15.2. The summed E-state index contributed by atoms with van der Waals surface area (Å²) in [5.74, 6) is 0.380. The Bertz CT molecular complexity index is 796. The Labute approximate surface area is 153 Å². The van der Waals surface area contributed by atoms with Gasteiger partial charge < -0.3 is 15.0 Å². The molecule has 1 aromatic heterocycles. The fraction of sp³-hybridized carbons (Fsp3) is 0.474. The molecule has 2 rings (SSSR count). The summed E-state index contributed by atoms with van der Waals surface area (Å²) in [6.45, 7) is 6.04. The fourth-order valence-corrected chi connectivity index (χ4v) is 3.47. The standard InChI is InChI=1S/C19H25ClN2O3/c1-5-7-16(24)18-17-12(8-9-21-11(3)23)14(6-2)22-15(17)10-13(20)19(18)25-4/h10,22H,5-9H2,1-4H3,(H,21,23). The number of fused-ring (bicyclic) bond motifs is 1. The number of aryl methyl sites for hydroxylation is 1. The van der Waals surface area contributed by atoms with E-state index in [1.807, 2.05) is 6.92 Å². The highest BCUT2D eigenvalue weighted by molar-refractivity contribution is 6.34.